The van der Waals surface area contributed by atoms with Crippen LogP contribution in [-0.2, 0) is 9.84 Å². The molecule has 0 unspecified atom stereocenters. The Morgan fingerprint density at radius 3 is 2.27 bits per heavy atom. The van der Waals surface area contributed by atoms with Crippen LogP contribution in [0.15, 0.2) is 15.9 Å². The molecule has 1 aromatic heterocycles. The third-order valence-corrected chi connectivity index (χ3v) is 3.45. The van der Waals surface area contributed by atoms with Crippen LogP contribution >= 0.6 is 11.6 Å². The second-order valence-electron chi connectivity index (χ2n) is 3.64. The van der Waals surface area contributed by atoms with Gasteiger partial charge in [0.1, 0.15) is 4.90 Å². The van der Waals surface area contributed by atoms with Gasteiger partial charge in [-0.05, 0) is 11.5 Å². The molecule has 0 bridgehead atoms. The largest absolute Gasteiger partial charge is 0.326 e. The minimum absolute atomic E-state index is 0.121. The normalized spacial score (nSPS) is 12.1. The summed E-state index contributed by atoms with van der Waals surface area (Å²) in [4.78, 5) is 13.5. The van der Waals surface area contributed by atoms with Crippen molar-refractivity contribution in [2.24, 2.45) is 0 Å². The van der Waals surface area contributed by atoms with Crippen LogP contribution in [-0.4, -0.2) is 19.7 Å². The first kappa shape index (κ1) is 12.3. The van der Waals surface area contributed by atoms with Gasteiger partial charge in [0.05, 0.1) is 5.02 Å². The Bertz CT molecular complexity index is 531. The first-order chi connectivity index (χ1) is 6.75. The summed E-state index contributed by atoms with van der Waals surface area (Å²) >= 11 is 5.87. The van der Waals surface area contributed by atoms with Crippen molar-refractivity contribution in [2.75, 3.05) is 6.26 Å². The van der Waals surface area contributed by atoms with Crippen LogP contribution in [0, 0.1) is 0 Å². The molecule has 1 heterocycles. The van der Waals surface area contributed by atoms with E-state index >= 15 is 0 Å². The molecule has 84 valence electrons. The van der Waals surface area contributed by atoms with Crippen LogP contribution in [0.2, 0.25) is 5.02 Å². The molecule has 0 aliphatic carbocycles. The molecule has 0 aliphatic heterocycles. The number of rotatable bonds is 2. The molecule has 0 aromatic carbocycles. The van der Waals surface area contributed by atoms with E-state index in [2.05, 4.69) is 4.98 Å². The summed E-state index contributed by atoms with van der Waals surface area (Å²) in [6.45, 7) is 3.57. The summed E-state index contributed by atoms with van der Waals surface area (Å²) in [5, 5.41) is 0.269. The molecule has 1 aromatic rings. The van der Waals surface area contributed by atoms with E-state index in [1.165, 1.54) is 6.20 Å². The number of halogens is 1. The number of pyridine rings is 1. The molecule has 1 N–H and O–H groups in total. The predicted molar refractivity (Wildman–Crippen MR) is 59.3 cm³/mol. The fourth-order valence-corrected chi connectivity index (χ4v) is 2.97. The highest BCUT2D eigenvalue weighted by atomic mass is 35.5. The summed E-state index contributed by atoms with van der Waals surface area (Å²) in [5.41, 5.74) is -0.242. The van der Waals surface area contributed by atoms with Crippen LogP contribution in [0.5, 0.6) is 0 Å². The van der Waals surface area contributed by atoms with Crippen molar-refractivity contribution < 1.29 is 8.42 Å². The van der Waals surface area contributed by atoms with Crippen molar-refractivity contribution in [3.63, 3.8) is 0 Å². The van der Waals surface area contributed by atoms with Gasteiger partial charge in [-0.15, -0.1) is 0 Å². The van der Waals surface area contributed by atoms with Gasteiger partial charge in [-0.25, -0.2) is 8.42 Å². The van der Waals surface area contributed by atoms with E-state index < -0.39 is 15.4 Å². The van der Waals surface area contributed by atoms with Crippen molar-refractivity contribution in [1.82, 2.24) is 4.98 Å². The number of hydrogen-bond acceptors (Lipinski definition) is 3. The second-order valence-corrected chi connectivity index (χ2v) is 6.00. The summed E-state index contributed by atoms with van der Waals surface area (Å²) in [6, 6.07) is 0. The monoisotopic (exact) mass is 249 g/mol. The Balaban J connectivity index is 3.77. The van der Waals surface area contributed by atoms with Crippen molar-refractivity contribution in [2.45, 2.75) is 24.7 Å². The molecule has 4 nitrogen and oxygen atoms in total. The van der Waals surface area contributed by atoms with E-state index in [4.69, 9.17) is 11.6 Å². The summed E-state index contributed by atoms with van der Waals surface area (Å²) in [5.74, 6) is -0.121. The van der Waals surface area contributed by atoms with E-state index in [9.17, 15) is 13.2 Å². The van der Waals surface area contributed by atoms with Gasteiger partial charge >= 0.3 is 0 Å². The predicted octanol–water partition coefficient (Wildman–Crippen LogP) is 1.56. The van der Waals surface area contributed by atoms with Crippen molar-refractivity contribution in [3.8, 4) is 0 Å². The lowest BCUT2D eigenvalue weighted by molar-refractivity contribution is 0.598. The van der Waals surface area contributed by atoms with Crippen LogP contribution in [0.3, 0.4) is 0 Å². The van der Waals surface area contributed by atoms with Crippen LogP contribution in [0.4, 0.5) is 0 Å². The van der Waals surface area contributed by atoms with Crippen LogP contribution < -0.4 is 5.56 Å². The molecule has 1 rings (SSSR count). The first-order valence-electron chi connectivity index (χ1n) is 4.36. The minimum atomic E-state index is -3.56. The average molecular weight is 250 g/mol. The Morgan fingerprint density at radius 2 is 1.93 bits per heavy atom. The smallest absolute Gasteiger partial charge is 0.267 e. The fraction of sp³-hybridized carbons (Fsp3) is 0.444. The van der Waals surface area contributed by atoms with E-state index in [0.29, 0.717) is 5.56 Å². The average Bonchev–Trinajstić information content (AvgIpc) is 2.05. The molecule has 0 fully saturated rings. The third kappa shape index (κ3) is 2.41. The van der Waals surface area contributed by atoms with Gasteiger partial charge in [-0.3, -0.25) is 4.79 Å². The maximum absolute atomic E-state index is 11.5. The molecule has 0 radical (unpaired) electrons. The zero-order chi connectivity index (χ0) is 11.8. The minimum Gasteiger partial charge on any atom is -0.326 e. The Morgan fingerprint density at radius 1 is 1.40 bits per heavy atom. The summed E-state index contributed by atoms with van der Waals surface area (Å²) in [7, 11) is -3.56. The molecule has 0 aliphatic rings. The second kappa shape index (κ2) is 3.98. The number of aromatic nitrogens is 1. The summed E-state index contributed by atoms with van der Waals surface area (Å²) in [6.07, 6.45) is 2.31. The number of H-pyrrole nitrogens is 1. The highest BCUT2D eigenvalue weighted by Gasteiger charge is 2.22. The van der Waals surface area contributed by atoms with Gasteiger partial charge in [0, 0.05) is 12.5 Å². The molecular formula is C9H12ClNO3S. The molecule has 6 heteroatoms. The van der Waals surface area contributed by atoms with Gasteiger partial charge in [-0.2, -0.15) is 0 Å². The molecule has 0 atom stereocenters. The Hall–Kier alpha value is -0.810. The molecule has 15 heavy (non-hydrogen) atoms. The molecule has 0 saturated heterocycles. The lowest BCUT2D eigenvalue weighted by atomic mass is 10.1. The third-order valence-electron chi connectivity index (χ3n) is 1.99. The van der Waals surface area contributed by atoms with Gasteiger partial charge in [0.25, 0.3) is 5.56 Å². The van der Waals surface area contributed by atoms with Gasteiger partial charge in [0.15, 0.2) is 9.84 Å². The lowest BCUT2D eigenvalue weighted by Gasteiger charge is -2.11. The van der Waals surface area contributed by atoms with Gasteiger partial charge < -0.3 is 4.98 Å². The lowest BCUT2D eigenvalue weighted by Crippen LogP contribution is -2.20. The van der Waals surface area contributed by atoms with Gasteiger partial charge in [-0.1, -0.05) is 25.4 Å². The number of sulfone groups is 1. The molecule has 0 spiro atoms. The quantitative estimate of drug-likeness (QED) is 0.865. The number of nitrogens with one attached hydrogen (secondary N) is 1. The van der Waals surface area contributed by atoms with Crippen LogP contribution in [0.25, 0.3) is 0 Å². The standard InChI is InChI=1S/C9H12ClNO3S/c1-5(2)7-6(10)4-11-9(12)8(7)15(3,13)14/h4-5H,1-3H3,(H,11,12). The van der Waals surface area contributed by atoms with E-state index in [-0.39, 0.29) is 15.8 Å². The first-order valence-corrected chi connectivity index (χ1v) is 6.63. The molecule has 0 amide bonds. The molecular weight excluding hydrogens is 238 g/mol. The van der Waals surface area contributed by atoms with E-state index in [0.717, 1.165) is 6.26 Å². The maximum atomic E-state index is 11.5. The Labute approximate surface area is 93.2 Å². The highest BCUT2D eigenvalue weighted by molar-refractivity contribution is 7.90. The number of aromatic amines is 1. The molecule has 0 saturated carbocycles. The van der Waals surface area contributed by atoms with Crippen molar-refractivity contribution in [1.29, 1.82) is 0 Å². The highest BCUT2D eigenvalue weighted by Crippen LogP contribution is 2.27. The summed E-state index contributed by atoms with van der Waals surface area (Å²) < 4.78 is 22.9. The van der Waals surface area contributed by atoms with Gasteiger partial charge in [0.2, 0.25) is 0 Å². The van der Waals surface area contributed by atoms with Crippen molar-refractivity contribution >= 4 is 21.4 Å². The SMILES string of the molecule is CC(C)c1c(Cl)c[nH]c(=O)c1S(C)(=O)=O. The maximum Gasteiger partial charge on any atom is 0.267 e. The van der Waals surface area contributed by atoms with Crippen LogP contribution in [0.1, 0.15) is 25.3 Å². The Kier molecular flexibility index (Phi) is 3.25. The number of hydrogen-bond donors (Lipinski definition) is 1. The fourth-order valence-electron chi connectivity index (χ4n) is 1.41. The van der Waals surface area contributed by atoms with Crippen molar-refractivity contribution in [3.05, 3.63) is 27.1 Å². The topological polar surface area (TPSA) is 67.0 Å². The van der Waals surface area contributed by atoms with E-state index in [1.54, 1.807) is 13.8 Å². The zero-order valence-corrected chi connectivity index (χ0v) is 10.2. The van der Waals surface area contributed by atoms with E-state index in [1.807, 2.05) is 0 Å². The zero-order valence-electron chi connectivity index (χ0n) is 8.67.